The van der Waals surface area contributed by atoms with Crippen LogP contribution in [0.15, 0.2) is 0 Å². The standard InChI is InChI=1S/C10H17N3O6S.5H2S/c11-5(10(18)19)1-2-7(14)13-6(4-20)9(17)12-3-8(15)16;;;;;/h5-6,20H,1-4,11H2,(H,12,17)(H,13,14)(H,15,16)(H,18,19);5*1H2/t5-,6-;;;;;/m0...../s1. The summed E-state index contributed by atoms with van der Waals surface area (Å²) in [6.07, 6.45) is -0.235. The van der Waals surface area contributed by atoms with Gasteiger partial charge in [0, 0.05) is 12.2 Å². The smallest absolute Gasteiger partial charge is 0.322 e. The van der Waals surface area contributed by atoms with Crippen LogP contribution in [0.3, 0.4) is 0 Å². The molecule has 0 saturated heterocycles. The summed E-state index contributed by atoms with van der Waals surface area (Å²) in [5.41, 5.74) is 5.23. The Hall–Kier alpha value is -0.0600. The van der Waals surface area contributed by atoms with Crippen molar-refractivity contribution in [3.8, 4) is 0 Å². The van der Waals surface area contributed by atoms with E-state index in [2.05, 4.69) is 23.3 Å². The molecule has 6 N–H and O–H groups in total. The van der Waals surface area contributed by atoms with Gasteiger partial charge in [0.1, 0.15) is 18.6 Å². The van der Waals surface area contributed by atoms with Crippen LogP contribution >= 0.6 is 80.1 Å². The summed E-state index contributed by atoms with van der Waals surface area (Å²) in [5.74, 6) is -3.70. The molecule has 0 fully saturated rings. The zero-order valence-electron chi connectivity index (χ0n) is 13.0. The maximum Gasteiger partial charge on any atom is 0.322 e. The Kier molecular flexibility index (Phi) is 35.0. The van der Waals surface area contributed by atoms with Gasteiger partial charge in [-0.1, -0.05) is 0 Å². The van der Waals surface area contributed by atoms with Gasteiger partial charge >= 0.3 is 11.9 Å². The zero-order chi connectivity index (χ0) is 15.7. The van der Waals surface area contributed by atoms with Gasteiger partial charge in [-0.25, -0.2) is 0 Å². The molecule has 0 aromatic heterocycles. The van der Waals surface area contributed by atoms with Crippen LogP contribution in [0.4, 0.5) is 0 Å². The van der Waals surface area contributed by atoms with E-state index in [1.807, 2.05) is 0 Å². The summed E-state index contributed by atoms with van der Waals surface area (Å²) in [6.45, 7) is -0.567. The van der Waals surface area contributed by atoms with Gasteiger partial charge in [-0.15, -0.1) is 0 Å². The second-order valence-electron chi connectivity index (χ2n) is 3.90. The first-order valence-corrected chi connectivity index (χ1v) is 6.29. The van der Waals surface area contributed by atoms with E-state index in [4.69, 9.17) is 15.9 Å². The summed E-state index contributed by atoms with van der Waals surface area (Å²) >= 11 is 3.87. The van der Waals surface area contributed by atoms with Crippen LogP contribution in [0.1, 0.15) is 12.8 Å². The molecule has 2 atom stereocenters. The van der Waals surface area contributed by atoms with Gasteiger partial charge < -0.3 is 26.6 Å². The van der Waals surface area contributed by atoms with Crippen LogP contribution < -0.4 is 16.4 Å². The molecule has 0 aliphatic rings. The Bertz CT molecular complexity index is 403. The number of nitrogens with two attached hydrogens (primary N) is 1. The minimum absolute atomic E-state index is 0. The third-order valence-electron chi connectivity index (χ3n) is 2.25. The van der Waals surface area contributed by atoms with Crippen LogP contribution in [0, 0.1) is 0 Å². The van der Waals surface area contributed by atoms with E-state index in [1.54, 1.807) is 0 Å². The van der Waals surface area contributed by atoms with Gasteiger partial charge in [-0.3, -0.25) is 19.2 Å². The van der Waals surface area contributed by atoms with Crippen molar-refractivity contribution in [3.63, 3.8) is 0 Å². The SMILES string of the molecule is N[C@@H](CCC(=O)N[C@@H](CS)C(=O)NCC(=O)O)C(=O)O.S.S.S.S.S. The second kappa shape index (κ2) is 22.0. The number of aliphatic carboxylic acids is 2. The molecular formula is C10H27N3O6S6. The predicted octanol–water partition coefficient (Wildman–Crippen LogP) is -1.64. The molecule has 0 aromatic rings. The fourth-order valence-electron chi connectivity index (χ4n) is 1.16. The van der Waals surface area contributed by atoms with E-state index in [1.165, 1.54) is 0 Å². The third-order valence-corrected chi connectivity index (χ3v) is 2.61. The lowest BCUT2D eigenvalue weighted by atomic mass is 10.1. The molecule has 0 aliphatic heterocycles. The van der Waals surface area contributed by atoms with E-state index in [0.717, 1.165) is 0 Å². The van der Waals surface area contributed by atoms with Crippen LogP contribution in [0.25, 0.3) is 0 Å². The molecule has 0 unspecified atom stereocenters. The van der Waals surface area contributed by atoms with Crippen molar-refractivity contribution in [2.75, 3.05) is 12.3 Å². The summed E-state index contributed by atoms with van der Waals surface area (Å²) < 4.78 is 0. The first-order valence-electron chi connectivity index (χ1n) is 5.66. The van der Waals surface area contributed by atoms with Crippen molar-refractivity contribution in [1.82, 2.24) is 10.6 Å². The lowest BCUT2D eigenvalue weighted by Gasteiger charge is -2.16. The predicted molar refractivity (Wildman–Crippen MR) is 123 cm³/mol. The fourth-order valence-corrected chi connectivity index (χ4v) is 1.41. The lowest BCUT2D eigenvalue weighted by Crippen LogP contribution is -2.49. The van der Waals surface area contributed by atoms with Crippen LogP contribution in [-0.2, 0) is 19.2 Å². The Morgan fingerprint density at radius 2 is 1.48 bits per heavy atom. The molecule has 0 saturated carbocycles. The Morgan fingerprint density at radius 3 is 1.84 bits per heavy atom. The molecule has 0 spiro atoms. The number of carboxylic acid groups (broad SMARTS) is 2. The Morgan fingerprint density at radius 1 is 1.00 bits per heavy atom. The lowest BCUT2D eigenvalue weighted by molar-refractivity contribution is -0.139. The highest BCUT2D eigenvalue weighted by atomic mass is 32.1. The molecule has 15 heteroatoms. The Labute approximate surface area is 186 Å². The number of nitrogens with one attached hydrogen (secondary N) is 2. The zero-order valence-corrected chi connectivity index (χ0v) is 18.9. The van der Waals surface area contributed by atoms with Crippen molar-refractivity contribution in [3.05, 3.63) is 0 Å². The molecule has 0 heterocycles. The third kappa shape index (κ3) is 20.1. The van der Waals surface area contributed by atoms with E-state index >= 15 is 0 Å². The number of hydrogen-bond acceptors (Lipinski definition) is 6. The van der Waals surface area contributed by atoms with Crippen molar-refractivity contribution in [2.45, 2.75) is 24.9 Å². The summed E-state index contributed by atoms with van der Waals surface area (Å²) in [4.78, 5) is 43.7. The number of carboxylic acids is 2. The highest BCUT2D eigenvalue weighted by Crippen LogP contribution is 1.97. The van der Waals surface area contributed by atoms with E-state index in [9.17, 15) is 19.2 Å². The van der Waals surface area contributed by atoms with Crippen molar-refractivity contribution >= 4 is 104 Å². The first kappa shape index (κ1) is 39.8. The molecular weight excluding hydrogens is 451 g/mol. The fraction of sp³-hybridized carbons (Fsp3) is 0.600. The molecule has 0 aromatic carbocycles. The number of carbonyl (C=O) groups is 4. The quantitative estimate of drug-likeness (QED) is 0.217. The highest BCUT2D eigenvalue weighted by molar-refractivity contribution is 7.80. The minimum atomic E-state index is -1.22. The van der Waals surface area contributed by atoms with Crippen LogP contribution in [0.2, 0.25) is 0 Å². The van der Waals surface area contributed by atoms with Crippen molar-refractivity contribution < 1.29 is 29.4 Å². The topological polar surface area (TPSA) is 159 Å². The number of amides is 2. The van der Waals surface area contributed by atoms with Crippen LogP contribution in [-0.4, -0.2) is 58.3 Å². The van der Waals surface area contributed by atoms with Gasteiger partial charge in [0.15, 0.2) is 0 Å². The second-order valence-corrected chi connectivity index (χ2v) is 4.26. The molecule has 9 nitrogen and oxygen atoms in total. The van der Waals surface area contributed by atoms with E-state index < -0.39 is 42.4 Å². The van der Waals surface area contributed by atoms with E-state index in [0.29, 0.717) is 0 Å². The van der Waals surface area contributed by atoms with Gasteiger partial charge in [0.05, 0.1) is 0 Å². The molecule has 0 radical (unpaired) electrons. The summed E-state index contributed by atoms with van der Waals surface area (Å²) in [5, 5.41) is 21.4. The monoisotopic (exact) mass is 477 g/mol. The van der Waals surface area contributed by atoms with E-state index in [-0.39, 0.29) is 86.1 Å². The normalized spacial score (nSPS) is 10.5. The van der Waals surface area contributed by atoms with Crippen molar-refractivity contribution in [2.24, 2.45) is 5.73 Å². The average Bonchev–Trinajstić information content (AvgIpc) is 2.38. The van der Waals surface area contributed by atoms with Gasteiger partial charge in [0.2, 0.25) is 11.8 Å². The van der Waals surface area contributed by atoms with Gasteiger partial charge in [0.25, 0.3) is 0 Å². The maximum absolute atomic E-state index is 11.5. The number of hydrogen-bond donors (Lipinski definition) is 6. The summed E-state index contributed by atoms with van der Waals surface area (Å²) in [7, 11) is 0. The molecule has 0 aliphatic carbocycles. The van der Waals surface area contributed by atoms with Crippen LogP contribution in [0.5, 0.6) is 0 Å². The molecule has 0 bridgehead atoms. The minimum Gasteiger partial charge on any atom is -0.480 e. The number of carbonyl (C=O) groups excluding carboxylic acids is 2. The molecule has 25 heavy (non-hydrogen) atoms. The van der Waals surface area contributed by atoms with Crippen molar-refractivity contribution in [1.29, 1.82) is 0 Å². The molecule has 154 valence electrons. The summed E-state index contributed by atoms with van der Waals surface area (Å²) in [6, 6.07) is -2.15. The average molecular weight is 478 g/mol. The maximum atomic E-state index is 11.5. The molecule has 2 amide bonds. The number of thiol groups is 1. The first-order chi connectivity index (χ1) is 9.27. The Balaban J connectivity index is -0.000000180. The molecule has 0 rings (SSSR count). The highest BCUT2D eigenvalue weighted by Gasteiger charge is 2.20. The van der Waals surface area contributed by atoms with Gasteiger partial charge in [-0.05, 0) is 6.42 Å². The largest absolute Gasteiger partial charge is 0.480 e. The number of rotatable bonds is 9. The van der Waals surface area contributed by atoms with Gasteiger partial charge in [-0.2, -0.15) is 80.1 Å².